The van der Waals surface area contributed by atoms with Crippen molar-refractivity contribution >= 4 is 62.1 Å². The number of phenols is 2. The maximum absolute atomic E-state index is 13.4. The van der Waals surface area contributed by atoms with Gasteiger partial charge in [0.25, 0.3) is 5.91 Å². The number of aliphatic hydroxyl groups excluding tert-OH is 1. The Hall–Kier alpha value is -2.40. The van der Waals surface area contributed by atoms with Gasteiger partial charge in [-0.05, 0) is 47.4 Å². The molecule has 7 nitrogen and oxygen atoms in total. The van der Waals surface area contributed by atoms with Gasteiger partial charge in [0.05, 0.1) is 17.6 Å². The van der Waals surface area contributed by atoms with Crippen molar-refractivity contribution in [1.82, 2.24) is 9.80 Å². The Morgan fingerprint density at radius 3 is 2.41 bits per heavy atom. The third kappa shape index (κ3) is 5.80. The highest BCUT2D eigenvalue weighted by atomic mass is 79.9. The lowest BCUT2D eigenvalue weighted by Gasteiger charge is -2.33. The van der Waals surface area contributed by atoms with Crippen molar-refractivity contribution in [3.05, 3.63) is 63.0 Å². The normalized spacial score (nSPS) is 16.9. The Balaban J connectivity index is 1.79. The number of rotatable bonds is 7. The van der Waals surface area contributed by atoms with Crippen LogP contribution in [0.4, 0.5) is 0 Å². The molecule has 1 heterocycles. The summed E-state index contributed by atoms with van der Waals surface area (Å²) in [6.07, 6.45) is 0.648. The highest BCUT2D eigenvalue weighted by Gasteiger charge is 2.43. The van der Waals surface area contributed by atoms with E-state index in [1.165, 1.54) is 35.0 Å². The summed E-state index contributed by atoms with van der Waals surface area (Å²) in [7, 11) is 1.54. The molecule has 1 saturated heterocycles. The number of aliphatic hydroxyl groups is 1. The van der Waals surface area contributed by atoms with Crippen molar-refractivity contribution in [3.63, 3.8) is 0 Å². The van der Waals surface area contributed by atoms with Crippen LogP contribution in [0.15, 0.2) is 51.8 Å². The summed E-state index contributed by atoms with van der Waals surface area (Å²) in [5.41, 5.74) is 1.19. The molecule has 34 heavy (non-hydrogen) atoms. The molecular weight excluding hydrogens is 540 g/mol. The Labute approximate surface area is 216 Å². The van der Waals surface area contributed by atoms with Crippen LogP contribution in [0.1, 0.15) is 31.1 Å². The maximum atomic E-state index is 13.4. The lowest BCUT2D eigenvalue weighted by Crippen LogP contribution is -2.52. The Bertz CT molecular complexity index is 1140. The molecule has 2 aromatic carbocycles. The molecule has 1 fully saturated rings. The largest absolute Gasteiger partial charge is 0.504 e. The fourth-order valence-corrected chi connectivity index (χ4v) is 5.15. The van der Waals surface area contributed by atoms with Crippen molar-refractivity contribution in [1.29, 1.82) is 0 Å². The third-order valence-electron chi connectivity index (χ3n) is 5.36. The van der Waals surface area contributed by atoms with Crippen LogP contribution in [-0.4, -0.2) is 60.9 Å². The van der Waals surface area contributed by atoms with E-state index < -0.39 is 12.1 Å². The molecule has 180 valence electrons. The SMILES string of the molecule is CC(C)C(C(=O)N(C)CC(O)c1ccc(O)c(O)c1)N1C(=O)/C(=C/c2ccc(Br)cc2)SC1=S. The van der Waals surface area contributed by atoms with Crippen LogP contribution in [0.25, 0.3) is 6.08 Å². The van der Waals surface area contributed by atoms with Crippen LogP contribution in [0, 0.1) is 5.92 Å². The second-order valence-electron chi connectivity index (χ2n) is 8.27. The van der Waals surface area contributed by atoms with Gasteiger partial charge in [0, 0.05) is 11.5 Å². The molecule has 0 saturated carbocycles. The number of hydrogen-bond donors (Lipinski definition) is 3. The number of carbonyl (C=O) groups excluding carboxylic acids is 2. The number of thioether (sulfide) groups is 1. The van der Waals surface area contributed by atoms with Gasteiger partial charge in [-0.1, -0.05) is 72.0 Å². The number of thiocarbonyl (C=S) groups is 1. The van der Waals surface area contributed by atoms with Gasteiger partial charge in [-0.2, -0.15) is 0 Å². The van der Waals surface area contributed by atoms with Crippen molar-refractivity contribution in [2.75, 3.05) is 13.6 Å². The summed E-state index contributed by atoms with van der Waals surface area (Å²) in [6, 6.07) is 10.6. The number of nitrogens with zero attached hydrogens (tertiary/aromatic N) is 2. The predicted molar refractivity (Wildman–Crippen MR) is 140 cm³/mol. The van der Waals surface area contributed by atoms with Gasteiger partial charge >= 0.3 is 0 Å². The molecule has 3 rings (SSSR count). The first-order chi connectivity index (χ1) is 16.0. The molecule has 0 aliphatic carbocycles. The standard InChI is InChI=1S/C24H25BrN2O5S2/c1-13(2)21(23(32)26(3)12-19(30)15-6-9-17(28)18(29)11-15)27-22(31)20(34-24(27)33)10-14-4-7-16(25)8-5-14/h4-11,13,19,21,28-30H,12H2,1-3H3/b20-10-. The van der Waals surface area contributed by atoms with Gasteiger partial charge in [0.15, 0.2) is 11.5 Å². The smallest absolute Gasteiger partial charge is 0.266 e. The highest BCUT2D eigenvalue weighted by molar-refractivity contribution is 9.10. The van der Waals surface area contributed by atoms with Crippen LogP contribution >= 0.6 is 39.9 Å². The zero-order valence-corrected chi connectivity index (χ0v) is 22.0. The van der Waals surface area contributed by atoms with Crippen molar-refractivity contribution in [2.24, 2.45) is 5.92 Å². The number of amides is 2. The number of aromatic hydroxyl groups is 2. The summed E-state index contributed by atoms with van der Waals surface area (Å²) in [5, 5.41) is 29.7. The van der Waals surface area contributed by atoms with Gasteiger partial charge in [-0.25, -0.2) is 0 Å². The molecule has 3 N–H and O–H groups in total. The molecule has 0 bridgehead atoms. The van der Waals surface area contributed by atoms with E-state index >= 15 is 0 Å². The minimum atomic E-state index is -1.10. The third-order valence-corrected chi connectivity index (χ3v) is 7.22. The van der Waals surface area contributed by atoms with Crippen molar-refractivity contribution < 1.29 is 24.9 Å². The molecule has 2 unspecified atom stereocenters. The van der Waals surface area contributed by atoms with Gasteiger partial charge < -0.3 is 20.2 Å². The van der Waals surface area contributed by atoms with Gasteiger partial charge in [0.2, 0.25) is 5.91 Å². The lowest BCUT2D eigenvalue weighted by molar-refractivity contribution is -0.141. The fraction of sp³-hybridized carbons (Fsp3) is 0.292. The Morgan fingerprint density at radius 1 is 1.18 bits per heavy atom. The monoisotopic (exact) mass is 564 g/mol. The van der Waals surface area contributed by atoms with E-state index in [1.54, 1.807) is 6.08 Å². The topological polar surface area (TPSA) is 101 Å². The van der Waals surface area contributed by atoms with E-state index in [4.69, 9.17) is 12.2 Å². The van der Waals surface area contributed by atoms with E-state index in [-0.39, 0.29) is 35.8 Å². The van der Waals surface area contributed by atoms with Crippen LogP contribution in [0.5, 0.6) is 11.5 Å². The minimum absolute atomic E-state index is 0.0736. The number of carbonyl (C=O) groups is 2. The average molecular weight is 566 g/mol. The zero-order valence-electron chi connectivity index (χ0n) is 18.8. The first-order valence-corrected chi connectivity index (χ1v) is 12.5. The molecule has 10 heteroatoms. The summed E-state index contributed by atoms with van der Waals surface area (Å²) in [6.45, 7) is 3.60. The Morgan fingerprint density at radius 2 is 1.82 bits per heavy atom. The highest BCUT2D eigenvalue weighted by Crippen LogP contribution is 2.36. The second-order valence-corrected chi connectivity index (χ2v) is 10.9. The lowest BCUT2D eigenvalue weighted by atomic mass is 10.0. The molecule has 0 spiro atoms. The molecule has 0 radical (unpaired) electrons. The molecule has 2 amide bonds. The van der Waals surface area contributed by atoms with Gasteiger partial charge in [-0.3, -0.25) is 14.5 Å². The van der Waals surface area contributed by atoms with E-state index in [0.29, 0.717) is 14.8 Å². The van der Waals surface area contributed by atoms with Gasteiger partial charge in [0.1, 0.15) is 10.4 Å². The summed E-state index contributed by atoms with van der Waals surface area (Å²) >= 11 is 10.0. The van der Waals surface area contributed by atoms with Crippen molar-refractivity contribution in [2.45, 2.75) is 26.0 Å². The van der Waals surface area contributed by atoms with E-state index in [1.807, 2.05) is 38.1 Å². The minimum Gasteiger partial charge on any atom is -0.504 e. The number of likely N-dealkylation sites (N-methyl/N-ethyl adjacent to an activating group) is 1. The second kappa shape index (κ2) is 10.9. The van der Waals surface area contributed by atoms with Crippen LogP contribution in [0.2, 0.25) is 0 Å². The maximum Gasteiger partial charge on any atom is 0.266 e. The van der Waals surface area contributed by atoms with Crippen LogP contribution in [-0.2, 0) is 9.59 Å². The first-order valence-electron chi connectivity index (χ1n) is 10.5. The molecule has 2 aromatic rings. The molecule has 1 aliphatic rings. The molecule has 2 atom stereocenters. The van der Waals surface area contributed by atoms with E-state index in [9.17, 15) is 24.9 Å². The average Bonchev–Trinajstić information content (AvgIpc) is 3.04. The predicted octanol–water partition coefficient (Wildman–Crippen LogP) is 4.28. The summed E-state index contributed by atoms with van der Waals surface area (Å²) in [4.78, 5) is 29.8. The van der Waals surface area contributed by atoms with E-state index in [0.717, 1.165) is 21.8 Å². The van der Waals surface area contributed by atoms with Crippen molar-refractivity contribution in [3.8, 4) is 11.5 Å². The fourth-order valence-electron chi connectivity index (χ4n) is 3.55. The quantitative estimate of drug-likeness (QED) is 0.262. The van der Waals surface area contributed by atoms with Crippen LogP contribution in [0.3, 0.4) is 0 Å². The molecular formula is C24H25BrN2O5S2. The van der Waals surface area contributed by atoms with Gasteiger partial charge in [-0.15, -0.1) is 0 Å². The number of benzene rings is 2. The molecule has 1 aliphatic heterocycles. The van der Waals surface area contributed by atoms with Crippen LogP contribution < -0.4 is 0 Å². The Kier molecular flexibility index (Phi) is 8.40. The summed E-state index contributed by atoms with van der Waals surface area (Å²) < 4.78 is 1.23. The number of phenolic OH excluding ortho intramolecular Hbond substituents is 2. The zero-order chi connectivity index (χ0) is 25.2. The van der Waals surface area contributed by atoms with E-state index in [2.05, 4.69) is 15.9 Å². The summed E-state index contributed by atoms with van der Waals surface area (Å²) in [5.74, 6) is -1.59. The number of hydrogen-bond acceptors (Lipinski definition) is 7. The first kappa shape index (κ1) is 26.2. The number of halogens is 1. The molecule has 0 aromatic heterocycles.